The van der Waals surface area contributed by atoms with E-state index >= 15 is 0 Å². The molecule has 1 amide bonds. The maximum atomic E-state index is 12.4. The molecule has 3 N–H and O–H groups in total. The summed E-state index contributed by atoms with van der Waals surface area (Å²) in [5, 5.41) is 10.1. The van der Waals surface area contributed by atoms with Crippen molar-refractivity contribution in [2.45, 2.75) is 44.9 Å². The van der Waals surface area contributed by atoms with E-state index in [9.17, 15) is 4.79 Å². The number of aromatic nitrogens is 3. The molecule has 214 valence electrons. The molecule has 1 aliphatic rings. The van der Waals surface area contributed by atoms with E-state index in [0.717, 1.165) is 0 Å². The normalized spacial score (nSPS) is 17.1. The van der Waals surface area contributed by atoms with Crippen LogP contribution < -0.4 is 25.4 Å². The molecule has 13 heteroatoms. The van der Waals surface area contributed by atoms with Crippen LogP contribution in [0.15, 0.2) is 36.8 Å². The molecule has 11 nitrogen and oxygen atoms in total. The molecule has 0 spiro atoms. The first kappa shape index (κ1) is 29.4. The number of carbonyl (C=O) groups excluding carboxylic acids is 1. The number of anilines is 3. The van der Waals surface area contributed by atoms with Crippen LogP contribution in [0.25, 0.3) is 11.3 Å². The Morgan fingerprint density at radius 3 is 2.45 bits per heavy atom. The van der Waals surface area contributed by atoms with Crippen molar-refractivity contribution in [3.8, 4) is 22.8 Å². The highest BCUT2D eigenvalue weighted by Gasteiger charge is 2.29. The Bertz CT molecular complexity index is 1330. The summed E-state index contributed by atoms with van der Waals surface area (Å²) in [4.78, 5) is 25.7. The second-order valence-corrected chi connectivity index (χ2v) is 10.7. The standard InChI is InChI=1S/C27H32Cl2N6O5/c1-27(2,3)40-26(36)34-16-8-10-39-13-18(16)33-21-11-17(31-14-32-21)15-7-6-9-30-25(15)35-24-22(28)19(37-4)12-20(38-5)23(24)29/h6-7,9,11-12,14,16,18H,8,10,13H2,1-5H3,(H,30,35)(H,34,36)(H,31,32,33)/t16-,18+/m0/s1. The van der Waals surface area contributed by atoms with Gasteiger partial charge in [-0.25, -0.2) is 19.7 Å². The van der Waals surface area contributed by atoms with Crippen LogP contribution in [0.3, 0.4) is 0 Å². The van der Waals surface area contributed by atoms with Crippen LogP contribution in [0.2, 0.25) is 10.0 Å². The summed E-state index contributed by atoms with van der Waals surface area (Å²) in [5.41, 5.74) is 1.04. The first-order valence-corrected chi connectivity index (χ1v) is 13.3. The molecule has 1 aromatic carbocycles. The molecule has 4 rings (SSSR count). The molecule has 0 aliphatic carbocycles. The minimum Gasteiger partial charge on any atom is -0.495 e. The molecular weight excluding hydrogens is 559 g/mol. The van der Waals surface area contributed by atoms with Crippen molar-refractivity contribution in [3.63, 3.8) is 0 Å². The van der Waals surface area contributed by atoms with Crippen LogP contribution in [-0.2, 0) is 9.47 Å². The first-order chi connectivity index (χ1) is 19.1. The van der Waals surface area contributed by atoms with Gasteiger partial charge in [0.25, 0.3) is 0 Å². The number of nitrogens with zero attached hydrogens (tertiary/aromatic N) is 3. The van der Waals surface area contributed by atoms with Gasteiger partial charge in [0.15, 0.2) is 0 Å². The molecule has 3 heterocycles. The van der Waals surface area contributed by atoms with Gasteiger partial charge < -0.3 is 34.9 Å². The van der Waals surface area contributed by atoms with Gasteiger partial charge in [-0.05, 0) is 39.3 Å². The van der Waals surface area contributed by atoms with Crippen LogP contribution in [0.1, 0.15) is 27.2 Å². The van der Waals surface area contributed by atoms with Gasteiger partial charge in [0.05, 0.1) is 44.3 Å². The molecule has 1 fully saturated rings. The van der Waals surface area contributed by atoms with Crippen molar-refractivity contribution >= 4 is 46.6 Å². The number of halogens is 2. The zero-order valence-corrected chi connectivity index (χ0v) is 24.4. The van der Waals surface area contributed by atoms with Crippen molar-refractivity contribution < 1.29 is 23.7 Å². The van der Waals surface area contributed by atoms with E-state index < -0.39 is 11.7 Å². The number of methoxy groups -OCH3 is 2. The van der Waals surface area contributed by atoms with Crippen molar-refractivity contribution in [2.24, 2.45) is 0 Å². The fraction of sp³-hybridized carbons (Fsp3) is 0.407. The fourth-order valence-electron chi connectivity index (χ4n) is 4.11. The second kappa shape index (κ2) is 12.8. The number of benzene rings is 1. The molecule has 40 heavy (non-hydrogen) atoms. The molecular formula is C27H32Cl2N6O5. The van der Waals surface area contributed by atoms with Gasteiger partial charge in [0.2, 0.25) is 0 Å². The summed E-state index contributed by atoms with van der Waals surface area (Å²) in [6.45, 7) is 6.38. The van der Waals surface area contributed by atoms with Gasteiger partial charge in [0.1, 0.15) is 45.1 Å². The molecule has 0 unspecified atom stereocenters. The van der Waals surface area contributed by atoms with Gasteiger partial charge in [-0.1, -0.05) is 23.2 Å². The number of rotatable bonds is 8. The first-order valence-electron chi connectivity index (χ1n) is 12.6. The Kier molecular flexibility index (Phi) is 9.39. The highest BCUT2D eigenvalue weighted by molar-refractivity contribution is 6.41. The van der Waals surface area contributed by atoms with E-state index in [1.807, 2.05) is 26.8 Å². The minimum absolute atomic E-state index is 0.218. The van der Waals surface area contributed by atoms with Crippen LogP contribution in [-0.4, -0.2) is 66.2 Å². The molecule has 0 saturated carbocycles. The van der Waals surface area contributed by atoms with E-state index in [2.05, 4.69) is 30.9 Å². The molecule has 2 aromatic heterocycles. The third-order valence-corrected chi connectivity index (χ3v) is 6.71. The van der Waals surface area contributed by atoms with Crippen LogP contribution in [0, 0.1) is 0 Å². The zero-order valence-electron chi connectivity index (χ0n) is 22.9. The lowest BCUT2D eigenvalue weighted by Gasteiger charge is -2.33. The van der Waals surface area contributed by atoms with Gasteiger partial charge in [-0.3, -0.25) is 0 Å². The van der Waals surface area contributed by atoms with E-state index in [1.54, 1.807) is 24.4 Å². The number of pyridine rings is 1. The molecule has 1 aliphatic heterocycles. The lowest BCUT2D eigenvalue weighted by Crippen LogP contribution is -2.53. The molecule has 0 bridgehead atoms. The number of hydrogen-bond acceptors (Lipinski definition) is 10. The Morgan fingerprint density at radius 1 is 1.05 bits per heavy atom. The third kappa shape index (κ3) is 7.15. The Labute approximate surface area is 242 Å². The smallest absolute Gasteiger partial charge is 0.407 e. The SMILES string of the molecule is COc1cc(OC)c(Cl)c(Nc2ncccc2-c2cc(N[C@@H]3COCC[C@@H]3NC(=O)OC(C)(C)C)ncn2)c1Cl. The lowest BCUT2D eigenvalue weighted by atomic mass is 10.0. The number of alkyl carbamates (subject to hydrolysis) is 1. The molecule has 1 saturated heterocycles. The van der Waals surface area contributed by atoms with Crippen molar-refractivity contribution in [2.75, 3.05) is 38.1 Å². The summed E-state index contributed by atoms with van der Waals surface area (Å²) in [5.74, 6) is 1.78. The van der Waals surface area contributed by atoms with Gasteiger partial charge in [-0.15, -0.1) is 0 Å². The van der Waals surface area contributed by atoms with Gasteiger partial charge >= 0.3 is 6.09 Å². The second-order valence-electron chi connectivity index (χ2n) is 9.96. The molecule has 3 aromatic rings. The van der Waals surface area contributed by atoms with E-state index in [0.29, 0.717) is 59.7 Å². The highest BCUT2D eigenvalue weighted by Crippen LogP contribution is 2.45. The average Bonchev–Trinajstić information content (AvgIpc) is 2.92. The Hall–Kier alpha value is -3.54. The molecule has 0 radical (unpaired) electrons. The number of amides is 1. The largest absolute Gasteiger partial charge is 0.495 e. The van der Waals surface area contributed by atoms with Crippen molar-refractivity contribution in [1.29, 1.82) is 0 Å². The predicted octanol–water partition coefficient (Wildman–Crippen LogP) is 5.70. The number of ether oxygens (including phenoxy) is 4. The summed E-state index contributed by atoms with van der Waals surface area (Å²) in [6, 6.07) is 6.59. The maximum absolute atomic E-state index is 12.4. The fourth-order valence-corrected chi connectivity index (χ4v) is 4.71. The summed E-state index contributed by atoms with van der Waals surface area (Å²) < 4.78 is 21.8. The summed E-state index contributed by atoms with van der Waals surface area (Å²) in [7, 11) is 3.01. The number of carbonyl (C=O) groups is 1. The average molecular weight is 591 g/mol. The van der Waals surface area contributed by atoms with E-state index in [1.165, 1.54) is 20.5 Å². The van der Waals surface area contributed by atoms with Crippen LogP contribution in [0.5, 0.6) is 11.5 Å². The predicted molar refractivity (Wildman–Crippen MR) is 154 cm³/mol. The summed E-state index contributed by atoms with van der Waals surface area (Å²) in [6.07, 6.45) is 3.23. The highest BCUT2D eigenvalue weighted by atomic mass is 35.5. The van der Waals surface area contributed by atoms with Gasteiger partial charge in [0, 0.05) is 30.5 Å². The van der Waals surface area contributed by atoms with Crippen molar-refractivity contribution in [3.05, 3.63) is 46.8 Å². The minimum atomic E-state index is -0.598. The number of hydrogen-bond donors (Lipinski definition) is 3. The van der Waals surface area contributed by atoms with E-state index in [4.69, 9.17) is 42.1 Å². The maximum Gasteiger partial charge on any atom is 0.407 e. The topological polar surface area (TPSA) is 129 Å². The third-order valence-electron chi connectivity index (χ3n) is 5.96. The Balaban J connectivity index is 1.58. The van der Waals surface area contributed by atoms with E-state index in [-0.39, 0.29) is 22.1 Å². The monoisotopic (exact) mass is 590 g/mol. The Morgan fingerprint density at radius 2 is 1.77 bits per heavy atom. The zero-order chi connectivity index (χ0) is 28.9. The van der Waals surface area contributed by atoms with Crippen LogP contribution >= 0.6 is 23.2 Å². The lowest BCUT2D eigenvalue weighted by molar-refractivity contribution is 0.0365. The van der Waals surface area contributed by atoms with Crippen molar-refractivity contribution in [1.82, 2.24) is 20.3 Å². The number of nitrogens with one attached hydrogen (secondary N) is 3. The quantitative estimate of drug-likeness (QED) is 0.300. The summed E-state index contributed by atoms with van der Waals surface area (Å²) >= 11 is 13.1. The van der Waals surface area contributed by atoms with Gasteiger partial charge in [-0.2, -0.15) is 0 Å². The molecule has 2 atom stereocenters. The van der Waals surface area contributed by atoms with Crippen LogP contribution in [0.4, 0.5) is 22.1 Å².